The van der Waals surface area contributed by atoms with E-state index in [9.17, 15) is 4.79 Å². The van der Waals surface area contributed by atoms with Crippen LogP contribution < -0.4 is 10.6 Å². The third-order valence-electron chi connectivity index (χ3n) is 4.01. The molecule has 3 N–H and O–H groups in total. The van der Waals surface area contributed by atoms with Gasteiger partial charge < -0.3 is 15.7 Å². The van der Waals surface area contributed by atoms with E-state index in [0.717, 1.165) is 25.2 Å². The number of aryl methyl sites for hydroxylation is 2. The fraction of sp³-hybridized carbons (Fsp3) is 0.190. The van der Waals surface area contributed by atoms with Crippen LogP contribution in [0.15, 0.2) is 60.7 Å². The van der Waals surface area contributed by atoms with Gasteiger partial charge in [-0.3, -0.25) is 0 Å². The average Bonchev–Trinajstić information content (AvgIpc) is 2.66. The van der Waals surface area contributed by atoms with Crippen molar-refractivity contribution in [3.63, 3.8) is 0 Å². The van der Waals surface area contributed by atoms with Crippen LogP contribution in [0.3, 0.4) is 0 Å². The average molecular weight is 362 g/mol. The second-order valence-electron chi connectivity index (χ2n) is 6.21. The Balaban J connectivity index is 1.60. The number of nitrogens with one attached hydrogen (secondary N) is 2. The summed E-state index contributed by atoms with van der Waals surface area (Å²) in [4.78, 5) is 19.9. The monoisotopic (exact) mass is 362 g/mol. The fourth-order valence-corrected chi connectivity index (χ4v) is 2.75. The lowest BCUT2D eigenvalue weighted by Crippen LogP contribution is -2.07. The molecule has 2 aromatic carbocycles. The maximum Gasteiger partial charge on any atom is 0.335 e. The van der Waals surface area contributed by atoms with Gasteiger partial charge in [0.25, 0.3) is 0 Å². The number of hydrogen-bond acceptors (Lipinski definition) is 5. The van der Waals surface area contributed by atoms with E-state index in [2.05, 4.69) is 32.7 Å². The third-order valence-corrected chi connectivity index (χ3v) is 4.01. The molecule has 0 unspecified atom stereocenters. The number of anilines is 3. The Morgan fingerprint density at radius 2 is 1.78 bits per heavy atom. The molecule has 0 radical (unpaired) electrons. The van der Waals surface area contributed by atoms with Crippen molar-refractivity contribution >= 4 is 23.3 Å². The summed E-state index contributed by atoms with van der Waals surface area (Å²) in [5.74, 6) is 1.04. The Kier molecular flexibility index (Phi) is 5.99. The normalized spacial score (nSPS) is 10.4. The molecule has 3 aromatic rings. The number of hydrogen-bond donors (Lipinski definition) is 3. The summed E-state index contributed by atoms with van der Waals surface area (Å²) in [5.41, 5.74) is 2.21. The van der Waals surface area contributed by atoms with Crippen LogP contribution in [-0.4, -0.2) is 27.6 Å². The number of carbonyl (C=O) groups is 1. The van der Waals surface area contributed by atoms with Crippen molar-refractivity contribution in [2.75, 3.05) is 17.2 Å². The van der Waals surface area contributed by atoms with Crippen molar-refractivity contribution in [2.45, 2.75) is 19.8 Å². The molecule has 0 aliphatic heterocycles. The zero-order valence-corrected chi connectivity index (χ0v) is 15.1. The molecular formula is C21H22N4O2. The van der Waals surface area contributed by atoms with Gasteiger partial charge >= 0.3 is 5.97 Å². The molecule has 0 aliphatic rings. The van der Waals surface area contributed by atoms with E-state index < -0.39 is 5.97 Å². The van der Waals surface area contributed by atoms with Crippen molar-refractivity contribution < 1.29 is 9.90 Å². The van der Waals surface area contributed by atoms with Crippen LogP contribution in [-0.2, 0) is 6.42 Å². The molecule has 0 spiro atoms. The number of nitrogens with zero attached hydrogens (tertiary/aromatic N) is 2. The molecule has 6 nitrogen and oxygen atoms in total. The molecule has 138 valence electrons. The molecule has 3 rings (SSSR count). The zero-order chi connectivity index (χ0) is 19.1. The Hall–Kier alpha value is -3.41. The molecule has 1 aromatic heterocycles. The minimum absolute atomic E-state index is 0.227. The van der Waals surface area contributed by atoms with Crippen molar-refractivity contribution in [3.05, 3.63) is 77.6 Å². The predicted molar refractivity (Wildman–Crippen MR) is 107 cm³/mol. The largest absolute Gasteiger partial charge is 0.478 e. The summed E-state index contributed by atoms with van der Waals surface area (Å²) in [5, 5.41) is 15.6. The summed E-state index contributed by atoms with van der Waals surface area (Å²) in [6, 6.07) is 18.8. The quantitative estimate of drug-likeness (QED) is 0.519. The first-order valence-electron chi connectivity index (χ1n) is 8.84. The Bertz CT molecular complexity index is 913. The molecule has 0 fully saturated rings. The van der Waals surface area contributed by atoms with Gasteiger partial charge in [0.2, 0.25) is 0 Å². The van der Waals surface area contributed by atoms with Crippen LogP contribution in [0, 0.1) is 6.92 Å². The number of carboxylic acids is 1. The number of aromatic nitrogens is 2. The fourth-order valence-electron chi connectivity index (χ4n) is 2.75. The molecule has 0 aliphatic carbocycles. The van der Waals surface area contributed by atoms with Gasteiger partial charge in [-0.05, 0) is 43.5 Å². The van der Waals surface area contributed by atoms with Gasteiger partial charge in [0.1, 0.15) is 17.5 Å². The standard InChI is InChI=1S/C21H22N4O2/c1-15-23-19(22-12-6-9-16-7-3-2-4-8-16)14-20(24-15)25-18-11-5-10-17(13-18)21(26)27/h2-5,7-8,10-11,13-14H,6,9,12H2,1H3,(H,26,27)(H2,22,23,24,25). The van der Waals surface area contributed by atoms with Crippen LogP contribution in [0.4, 0.5) is 17.3 Å². The van der Waals surface area contributed by atoms with Crippen molar-refractivity contribution in [3.8, 4) is 0 Å². The lowest BCUT2D eigenvalue weighted by atomic mass is 10.1. The second kappa shape index (κ2) is 8.80. The maximum absolute atomic E-state index is 11.1. The van der Waals surface area contributed by atoms with E-state index in [1.54, 1.807) is 24.3 Å². The minimum atomic E-state index is -0.960. The molecule has 27 heavy (non-hydrogen) atoms. The van der Waals surface area contributed by atoms with Gasteiger partial charge in [-0.25, -0.2) is 14.8 Å². The van der Waals surface area contributed by atoms with Gasteiger partial charge in [0.05, 0.1) is 5.56 Å². The lowest BCUT2D eigenvalue weighted by molar-refractivity contribution is 0.0697. The molecule has 0 atom stereocenters. The summed E-state index contributed by atoms with van der Waals surface area (Å²) >= 11 is 0. The van der Waals surface area contributed by atoms with Crippen LogP contribution in [0.25, 0.3) is 0 Å². The first kappa shape index (κ1) is 18.4. The summed E-state index contributed by atoms with van der Waals surface area (Å²) in [7, 11) is 0. The predicted octanol–water partition coefficient (Wildman–Crippen LogP) is 4.27. The van der Waals surface area contributed by atoms with E-state index in [0.29, 0.717) is 17.3 Å². The van der Waals surface area contributed by atoms with E-state index in [1.807, 2.05) is 31.2 Å². The number of carboxylic acid groups (broad SMARTS) is 1. The Labute approximate surface area is 158 Å². The van der Waals surface area contributed by atoms with Crippen LogP contribution in [0.5, 0.6) is 0 Å². The number of benzene rings is 2. The topological polar surface area (TPSA) is 87.1 Å². The number of aromatic carboxylic acids is 1. The van der Waals surface area contributed by atoms with Gasteiger partial charge in [0, 0.05) is 18.3 Å². The first-order chi connectivity index (χ1) is 13.1. The van der Waals surface area contributed by atoms with E-state index in [4.69, 9.17) is 5.11 Å². The SMILES string of the molecule is Cc1nc(NCCCc2ccccc2)cc(Nc2cccc(C(=O)O)c2)n1. The van der Waals surface area contributed by atoms with E-state index in [1.165, 1.54) is 5.56 Å². The zero-order valence-electron chi connectivity index (χ0n) is 15.1. The molecule has 0 bridgehead atoms. The maximum atomic E-state index is 11.1. The highest BCUT2D eigenvalue weighted by molar-refractivity contribution is 5.89. The Morgan fingerprint density at radius 1 is 1.00 bits per heavy atom. The summed E-state index contributed by atoms with van der Waals surface area (Å²) in [6.07, 6.45) is 2.00. The molecule has 0 amide bonds. The van der Waals surface area contributed by atoms with Gasteiger partial charge in [-0.1, -0.05) is 36.4 Å². The Morgan fingerprint density at radius 3 is 2.56 bits per heavy atom. The van der Waals surface area contributed by atoms with Crippen LogP contribution >= 0.6 is 0 Å². The van der Waals surface area contributed by atoms with Crippen LogP contribution in [0.2, 0.25) is 0 Å². The summed E-state index contributed by atoms with van der Waals surface area (Å²) < 4.78 is 0. The second-order valence-corrected chi connectivity index (χ2v) is 6.21. The summed E-state index contributed by atoms with van der Waals surface area (Å²) in [6.45, 7) is 2.63. The molecule has 1 heterocycles. The van der Waals surface area contributed by atoms with Crippen molar-refractivity contribution in [1.29, 1.82) is 0 Å². The first-order valence-corrected chi connectivity index (χ1v) is 8.84. The van der Waals surface area contributed by atoms with Crippen molar-refractivity contribution in [2.24, 2.45) is 0 Å². The van der Waals surface area contributed by atoms with Gasteiger partial charge in [0.15, 0.2) is 0 Å². The molecule has 6 heteroatoms. The molecule has 0 saturated carbocycles. The smallest absolute Gasteiger partial charge is 0.335 e. The van der Waals surface area contributed by atoms with Crippen LogP contribution in [0.1, 0.15) is 28.2 Å². The lowest BCUT2D eigenvalue weighted by Gasteiger charge is -2.11. The minimum Gasteiger partial charge on any atom is -0.478 e. The van der Waals surface area contributed by atoms with E-state index >= 15 is 0 Å². The van der Waals surface area contributed by atoms with Crippen molar-refractivity contribution in [1.82, 2.24) is 9.97 Å². The molecule has 0 saturated heterocycles. The number of rotatable bonds is 8. The highest BCUT2D eigenvalue weighted by atomic mass is 16.4. The molecular weight excluding hydrogens is 340 g/mol. The van der Waals surface area contributed by atoms with E-state index in [-0.39, 0.29) is 5.56 Å². The highest BCUT2D eigenvalue weighted by Gasteiger charge is 2.06. The van der Waals surface area contributed by atoms with Gasteiger partial charge in [-0.2, -0.15) is 0 Å². The van der Waals surface area contributed by atoms with Gasteiger partial charge in [-0.15, -0.1) is 0 Å². The highest BCUT2D eigenvalue weighted by Crippen LogP contribution is 2.19. The third kappa shape index (κ3) is 5.54.